The van der Waals surface area contributed by atoms with E-state index in [9.17, 15) is 9.59 Å². The van der Waals surface area contributed by atoms with Crippen molar-refractivity contribution in [2.24, 2.45) is 0 Å². The Morgan fingerprint density at radius 1 is 1.14 bits per heavy atom. The lowest BCUT2D eigenvalue weighted by molar-refractivity contribution is -0.143. The molecule has 0 bridgehead atoms. The molecule has 2 aromatic carbocycles. The fraction of sp³-hybridized carbons (Fsp3) is 0.364. The molecule has 0 saturated carbocycles. The summed E-state index contributed by atoms with van der Waals surface area (Å²) in [4.78, 5) is 24.4. The molecule has 0 aliphatic heterocycles. The first-order valence-electron chi connectivity index (χ1n) is 9.49. The number of hydrogen-bond acceptors (Lipinski definition) is 5. The van der Waals surface area contributed by atoms with Gasteiger partial charge in [-0.1, -0.05) is 24.3 Å². The molecule has 0 aromatic heterocycles. The van der Waals surface area contributed by atoms with Crippen molar-refractivity contribution in [1.29, 1.82) is 0 Å². The second-order valence-electron chi connectivity index (χ2n) is 6.29. The average molecular weight is 464 g/mol. The molecule has 2 rings (SSSR count). The Morgan fingerprint density at radius 2 is 1.93 bits per heavy atom. The summed E-state index contributed by atoms with van der Waals surface area (Å²) in [5, 5.41) is 2.92. The highest BCUT2D eigenvalue weighted by molar-refractivity contribution is 9.10. The zero-order valence-corrected chi connectivity index (χ0v) is 18.2. The Morgan fingerprint density at radius 3 is 2.66 bits per heavy atom. The molecule has 29 heavy (non-hydrogen) atoms. The number of carbonyl (C=O) groups is 2. The summed E-state index contributed by atoms with van der Waals surface area (Å²) in [5.41, 5.74) is 0.787. The van der Waals surface area contributed by atoms with Gasteiger partial charge in [0.1, 0.15) is 11.5 Å². The maximum atomic E-state index is 12.4. The highest BCUT2D eigenvalue weighted by Crippen LogP contribution is 2.24. The fourth-order valence-corrected chi connectivity index (χ4v) is 3.14. The third-order valence-electron chi connectivity index (χ3n) is 4.15. The number of rotatable bonds is 11. The van der Waals surface area contributed by atoms with Crippen molar-refractivity contribution in [3.8, 4) is 11.5 Å². The van der Waals surface area contributed by atoms with Gasteiger partial charge in [0.05, 0.1) is 37.3 Å². The van der Waals surface area contributed by atoms with Gasteiger partial charge in [-0.05, 0) is 59.1 Å². The van der Waals surface area contributed by atoms with Crippen molar-refractivity contribution in [1.82, 2.24) is 5.32 Å². The average Bonchev–Trinajstić information content (AvgIpc) is 2.72. The lowest BCUT2D eigenvalue weighted by Crippen LogP contribution is -2.30. The highest BCUT2D eigenvalue weighted by Gasteiger charge is 2.19. The number of nitrogens with one attached hydrogen (secondary N) is 1. The van der Waals surface area contributed by atoms with Crippen molar-refractivity contribution < 1.29 is 23.8 Å². The summed E-state index contributed by atoms with van der Waals surface area (Å²) in [6.07, 6.45) is 0.894. The van der Waals surface area contributed by atoms with Crippen molar-refractivity contribution >= 4 is 27.8 Å². The minimum Gasteiger partial charge on any atom is -0.497 e. The summed E-state index contributed by atoms with van der Waals surface area (Å²) in [5.74, 6) is 0.882. The predicted octanol–water partition coefficient (Wildman–Crippen LogP) is 4.43. The van der Waals surface area contributed by atoms with Gasteiger partial charge in [0.25, 0.3) is 0 Å². The first-order valence-corrected chi connectivity index (χ1v) is 10.3. The van der Waals surface area contributed by atoms with Crippen LogP contribution in [-0.4, -0.2) is 32.2 Å². The monoisotopic (exact) mass is 463 g/mol. The van der Waals surface area contributed by atoms with Crippen molar-refractivity contribution in [3.63, 3.8) is 0 Å². The molecular formula is C22H26BrNO5. The Kier molecular flexibility index (Phi) is 9.50. The minimum absolute atomic E-state index is 0.0558. The van der Waals surface area contributed by atoms with Gasteiger partial charge in [0.2, 0.25) is 5.91 Å². The molecule has 1 atom stereocenters. The second-order valence-corrected chi connectivity index (χ2v) is 7.14. The number of amides is 1. The Labute approximate surface area is 179 Å². The van der Waals surface area contributed by atoms with E-state index in [0.29, 0.717) is 25.4 Å². The van der Waals surface area contributed by atoms with Gasteiger partial charge in [0.15, 0.2) is 0 Å². The highest BCUT2D eigenvalue weighted by atomic mass is 79.9. The number of esters is 1. The fourth-order valence-electron chi connectivity index (χ4n) is 2.74. The zero-order chi connectivity index (χ0) is 21.1. The quantitative estimate of drug-likeness (QED) is 0.394. The molecule has 0 aliphatic rings. The lowest BCUT2D eigenvalue weighted by Gasteiger charge is -2.19. The maximum Gasteiger partial charge on any atom is 0.308 e. The van der Waals surface area contributed by atoms with Crippen LogP contribution in [0.3, 0.4) is 0 Å². The first-order chi connectivity index (χ1) is 14.0. The van der Waals surface area contributed by atoms with Crippen LogP contribution in [0.1, 0.15) is 37.8 Å². The van der Waals surface area contributed by atoms with Crippen LogP contribution in [0.25, 0.3) is 0 Å². The van der Waals surface area contributed by atoms with E-state index in [1.807, 2.05) is 42.5 Å². The van der Waals surface area contributed by atoms with E-state index >= 15 is 0 Å². The topological polar surface area (TPSA) is 73.9 Å². The molecule has 156 valence electrons. The summed E-state index contributed by atoms with van der Waals surface area (Å²) < 4.78 is 16.8. The van der Waals surface area contributed by atoms with Crippen LogP contribution in [-0.2, 0) is 14.3 Å². The molecule has 0 radical (unpaired) electrons. The number of methoxy groups -OCH3 is 1. The summed E-state index contributed by atoms with van der Waals surface area (Å²) in [7, 11) is 1.57. The number of hydrogen-bond donors (Lipinski definition) is 1. The molecule has 0 spiro atoms. The van der Waals surface area contributed by atoms with Gasteiger partial charge in [-0.2, -0.15) is 0 Å². The molecule has 1 amide bonds. The Hall–Kier alpha value is -2.54. The van der Waals surface area contributed by atoms with Crippen LogP contribution < -0.4 is 14.8 Å². The van der Waals surface area contributed by atoms with E-state index in [4.69, 9.17) is 14.2 Å². The van der Waals surface area contributed by atoms with E-state index < -0.39 is 6.04 Å². The number of halogens is 1. The zero-order valence-electron chi connectivity index (χ0n) is 16.7. The van der Waals surface area contributed by atoms with Crippen LogP contribution in [0, 0.1) is 0 Å². The van der Waals surface area contributed by atoms with Gasteiger partial charge in [-0.25, -0.2) is 0 Å². The van der Waals surface area contributed by atoms with E-state index in [0.717, 1.165) is 15.8 Å². The van der Waals surface area contributed by atoms with E-state index in [-0.39, 0.29) is 24.7 Å². The minimum atomic E-state index is -0.485. The van der Waals surface area contributed by atoms with E-state index in [1.165, 1.54) is 0 Å². The van der Waals surface area contributed by atoms with Crippen molar-refractivity contribution in [3.05, 3.63) is 58.6 Å². The van der Waals surface area contributed by atoms with Crippen LogP contribution in [0.15, 0.2) is 53.0 Å². The van der Waals surface area contributed by atoms with Crippen LogP contribution in [0.2, 0.25) is 0 Å². The molecule has 0 heterocycles. The SMILES string of the molecule is CCOC(=O)CC(NC(=O)CCCOc1ccccc1Br)c1cccc(OC)c1. The molecule has 0 aliphatic carbocycles. The molecule has 6 nitrogen and oxygen atoms in total. The number of para-hydroxylation sites is 1. The largest absolute Gasteiger partial charge is 0.497 e. The molecule has 1 N–H and O–H groups in total. The number of ether oxygens (including phenoxy) is 3. The van der Waals surface area contributed by atoms with Gasteiger partial charge in [-0.15, -0.1) is 0 Å². The van der Waals surface area contributed by atoms with E-state index in [1.54, 1.807) is 20.1 Å². The molecule has 0 fully saturated rings. The van der Waals surface area contributed by atoms with Crippen molar-refractivity contribution in [2.45, 2.75) is 32.2 Å². The molecule has 7 heteroatoms. The van der Waals surface area contributed by atoms with Gasteiger partial charge in [0, 0.05) is 6.42 Å². The molecular weight excluding hydrogens is 438 g/mol. The van der Waals surface area contributed by atoms with Crippen molar-refractivity contribution in [2.75, 3.05) is 20.3 Å². The van der Waals surface area contributed by atoms with Gasteiger partial charge >= 0.3 is 5.97 Å². The van der Waals surface area contributed by atoms with E-state index in [2.05, 4.69) is 21.2 Å². The predicted molar refractivity (Wildman–Crippen MR) is 114 cm³/mol. The molecule has 0 saturated heterocycles. The Bertz CT molecular complexity index is 811. The van der Waals surface area contributed by atoms with Crippen LogP contribution >= 0.6 is 15.9 Å². The first kappa shape index (κ1) is 22.7. The van der Waals surface area contributed by atoms with Gasteiger partial charge in [-0.3, -0.25) is 9.59 Å². The molecule has 1 unspecified atom stereocenters. The summed E-state index contributed by atoms with van der Waals surface area (Å²) >= 11 is 3.42. The summed E-state index contributed by atoms with van der Waals surface area (Å²) in [6, 6.07) is 14.4. The van der Waals surface area contributed by atoms with Crippen LogP contribution in [0.4, 0.5) is 0 Å². The smallest absolute Gasteiger partial charge is 0.308 e. The third kappa shape index (κ3) is 7.77. The Balaban J connectivity index is 1.91. The lowest BCUT2D eigenvalue weighted by atomic mass is 10.0. The van der Waals surface area contributed by atoms with Gasteiger partial charge < -0.3 is 19.5 Å². The summed E-state index contributed by atoms with van der Waals surface area (Å²) in [6.45, 7) is 2.46. The van der Waals surface area contributed by atoms with Crippen LogP contribution in [0.5, 0.6) is 11.5 Å². The maximum absolute atomic E-state index is 12.4. The molecule has 2 aromatic rings. The number of benzene rings is 2. The second kappa shape index (κ2) is 12.1. The third-order valence-corrected chi connectivity index (χ3v) is 4.81. The number of carbonyl (C=O) groups excluding carboxylic acids is 2. The standard InChI is InChI=1S/C22H26BrNO5/c1-3-28-22(26)15-19(16-8-6-9-17(14-16)27-2)24-21(25)12-7-13-29-20-11-5-4-10-18(20)23/h4-6,8-11,14,19H,3,7,12-13,15H2,1-2H3,(H,24,25). The normalized spacial score (nSPS) is 11.4.